The van der Waals surface area contributed by atoms with E-state index in [1.807, 2.05) is 0 Å². The summed E-state index contributed by atoms with van der Waals surface area (Å²) in [5.41, 5.74) is 0. The van der Waals surface area contributed by atoms with Gasteiger partial charge in [0.1, 0.15) is 0 Å². The van der Waals surface area contributed by atoms with E-state index >= 15 is 0 Å². The molecule has 0 heterocycles. The van der Waals surface area contributed by atoms with Gasteiger partial charge >= 0.3 is 0 Å². The standard InChI is InChI=1S/C13H27NO/c1-10-6-7-13(11(2)9-10)14-12(3)5-4-8-15/h10-15H,4-9H2,1-3H3. The molecule has 1 saturated carbocycles. The fourth-order valence-electron chi connectivity index (χ4n) is 2.76. The molecule has 1 fully saturated rings. The third-order valence-corrected chi connectivity index (χ3v) is 3.73. The molecular weight excluding hydrogens is 186 g/mol. The highest BCUT2D eigenvalue weighted by atomic mass is 16.2. The van der Waals surface area contributed by atoms with Crippen LogP contribution in [-0.2, 0) is 0 Å². The van der Waals surface area contributed by atoms with Gasteiger partial charge in [0.15, 0.2) is 0 Å². The zero-order valence-electron chi connectivity index (χ0n) is 10.5. The average Bonchev–Trinajstić information content (AvgIpc) is 2.19. The van der Waals surface area contributed by atoms with E-state index in [-0.39, 0.29) is 0 Å². The second-order valence-electron chi connectivity index (χ2n) is 5.44. The van der Waals surface area contributed by atoms with Gasteiger partial charge in [-0.2, -0.15) is 0 Å². The fourth-order valence-corrected chi connectivity index (χ4v) is 2.76. The first-order valence-electron chi connectivity index (χ1n) is 6.50. The molecule has 1 aliphatic carbocycles. The van der Waals surface area contributed by atoms with E-state index in [4.69, 9.17) is 5.11 Å². The molecule has 2 N–H and O–H groups in total. The van der Waals surface area contributed by atoms with Crippen LogP contribution in [0.1, 0.15) is 52.9 Å². The van der Waals surface area contributed by atoms with Crippen LogP contribution in [0.5, 0.6) is 0 Å². The van der Waals surface area contributed by atoms with Crippen LogP contribution in [0.4, 0.5) is 0 Å². The van der Waals surface area contributed by atoms with Crippen molar-refractivity contribution in [3.63, 3.8) is 0 Å². The Bertz CT molecular complexity index is 172. The molecule has 4 unspecified atom stereocenters. The lowest BCUT2D eigenvalue weighted by atomic mass is 9.79. The monoisotopic (exact) mass is 213 g/mol. The summed E-state index contributed by atoms with van der Waals surface area (Å²) in [4.78, 5) is 0. The molecule has 0 aromatic heterocycles. The van der Waals surface area contributed by atoms with Gasteiger partial charge in [-0.15, -0.1) is 0 Å². The Hall–Kier alpha value is -0.0800. The molecule has 1 rings (SSSR count). The molecule has 2 heteroatoms. The summed E-state index contributed by atoms with van der Waals surface area (Å²) in [5.74, 6) is 1.72. The molecule has 0 amide bonds. The van der Waals surface area contributed by atoms with Crippen molar-refractivity contribution in [3.8, 4) is 0 Å². The molecule has 0 radical (unpaired) electrons. The van der Waals surface area contributed by atoms with Crippen molar-refractivity contribution >= 4 is 0 Å². The maximum absolute atomic E-state index is 8.78. The second-order valence-corrected chi connectivity index (χ2v) is 5.44. The van der Waals surface area contributed by atoms with Crippen molar-refractivity contribution in [2.75, 3.05) is 6.61 Å². The maximum Gasteiger partial charge on any atom is 0.0431 e. The minimum absolute atomic E-state index is 0.323. The Morgan fingerprint density at radius 3 is 2.67 bits per heavy atom. The Kier molecular flexibility index (Phi) is 5.62. The summed E-state index contributed by atoms with van der Waals surface area (Å²) in [6.07, 6.45) is 6.08. The zero-order valence-corrected chi connectivity index (χ0v) is 10.5. The Labute approximate surface area is 94.5 Å². The van der Waals surface area contributed by atoms with Crippen LogP contribution in [0.3, 0.4) is 0 Å². The van der Waals surface area contributed by atoms with Crippen LogP contribution in [0.25, 0.3) is 0 Å². The number of hydrogen-bond acceptors (Lipinski definition) is 2. The van der Waals surface area contributed by atoms with Gasteiger partial charge in [0.25, 0.3) is 0 Å². The van der Waals surface area contributed by atoms with Gasteiger partial charge in [-0.1, -0.05) is 13.8 Å². The normalized spacial score (nSPS) is 34.0. The first kappa shape index (κ1) is 13.0. The zero-order chi connectivity index (χ0) is 11.3. The minimum atomic E-state index is 0.323. The summed E-state index contributed by atoms with van der Waals surface area (Å²) in [7, 11) is 0. The van der Waals surface area contributed by atoms with Crippen LogP contribution in [0, 0.1) is 11.8 Å². The summed E-state index contributed by atoms with van der Waals surface area (Å²) in [5, 5.41) is 12.5. The van der Waals surface area contributed by atoms with Gasteiger partial charge in [0.05, 0.1) is 0 Å². The molecule has 90 valence electrons. The lowest BCUT2D eigenvalue weighted by Gasteiger charge is -2.35. The van der Waals surface area contributed by atoms with Gasteiger partial charge in [0, 0.05) is 18.7 Å². The van der Waals surface area contributed by atoms with E-state index < -0.39 is 0 Å². The smallest absolute Gasteiger partial charge is 0.0431 e. The van der Waals surface area contributed by atoms with Gasteiger partial charge in [0.2, 0.25) is 0 Å². The van der Waals surface area contributed by atoms with Gasteiger partial charge in [-0.3, -0.25) is 0 Å². The molecule has 0 aromatic rings. The van der Waals surface area contributed by atoms with Gasteiger partial charge in [-0.25, -0.2) is 0 Å². The van der Waals surface area contributed by atoms with Crippen molar-refractivity contribution in [2.45, 2.75) is 65.0 Å². The largest absolute Gasteiger partial charge is 0.396 e. The highest BCUT2D eigenvalue weighted by molar-refractivity contribution is 4.82. The maximum atomic E-state index is 8.78. The van der Waals surface area contributed by atoms with Gasteiger partial charge < -0.3 is 10.4 Å². The predicted octanol–water partition coefficient (Wildman–Crippen LogP) is 2.56. The van der Waals surface area contributed by atoms with E-state index in [9.17, 15) is 0 Å². The number of hydrogen-bond donors (Lipinski definition) is 2. The predicted molar refractivity (Wildman–Crippen MR) is 64.9 cm³/mol. The van der Waals surface area contributed by atoms with Crippen molar-refractivity contribution in [2.24, 2.45) is 11.8 Å². The number of nitrogens with one attached hydrogen (secondary N) is 1. The molecule has 1 aliphatic rings. The second kappa shape index (κ2) is 6.49. The summed E-state index contributed by atoms with van der Waals surface area (Å²) in [6.45, 7) is 7.29. The van der Waals surface area contributed by atoms with Crippen LogP contribution in [0.2, 0.25) is 0 Å². The SMILES string of the molecule is CC1CCC(NC(C)CCCO)C(C)C1. The Morgan fingerprint density at radius 1 is 1.33 bits per heavy atom. The molecule has 15 heavy (non-hydrogen) atoms. The Morgan fingerprint density at radius 2 is 2.07 bits per heavy atom. The summed E-state index contributed by atoms with van der Waals surface area (Å²) < 4.78 is 0. The minimum Gasteiger partial charge on any atom is -0.396 e. The molecule has 4 atom stereocenters. The van der Waals surface area contributed by atoms with Crippen molar-refractivity contribution in [1.82, 2.24) is 5.32 Å². The lowest BCUT2D eigenvalue weighted by molar-refractivity contribution is 0.208. The van der Waals surface area contributed by atoms with Gasteiger partial charge in [-0.05, 0) is 50.9 Å². The molecule has 0 spiro atoms. The van der Waals surface area contributed by atoms with Crippen molar-refractivity contribution < 1.29 is 5.11 Å². The fraction of sp³-hybridized carbons (Fsp3) is 1.00. The van der Waals surface area contributed by atoms with E-state index in [2.05, 4.69) is 26.1 Å². The third kappa shape index (κ3) is 4.52. The highest BCUT2D eigenvalue weighted by Gasteiger charge is 2.25. The molecule has 0 aromatic carbocycles. The Balaban J connectivity index is 2.25. The molecular formula is C13H27NO. The molecule has 0 bridgehead atoms. The number of aliphatic hydroxyl groups is 1. The molecule has 0 saturated heterocycles. The van der Waals surface area contributed by atoms with E-state index in [0.717, 1.165) is 24.7 Å². The first-order valence-corrected chi connectivity index (χ1v) is 6.50. The van der Waals surface area contributed by atoms with Crippen LogP contribution < -0.4 is 5.32 Å². The topological polar surface area (TPSA) is 32.3 Å². The highest BCUT2D eigenvalue weighted by Crippen LogP contribution is 2.28. The van der Waals surface area contributed by atoms with E-state index in [1.54, 1.807) is 0 Å². The molecule has 2 nitrogen and oxygen atoms in total. The lowest BCUT2D eigenvalue weighted by Crippen LogP contribution is -2.43. The van der Waals surface area contributed by atoms with E-state index in [1.165, 1.54) is 19.3 Å². The summed E-state index contributed by atoms with van der Waals surface area (Å²) >= 11 is 0. The quantitative estimate of drug-likeness (QED) is 0.735. The van der Waals surface area contributed by atoms with Crippen LogP contribution in [-0.4, -0.2) is 23.8 Å². The first-order chi connectivity index (χ1) is 7.13. The molecule has 0 aliphatic heterocycles. The number of rotatable bonds is 5. The third-order valence-electron chi connectivity index (χ3n) is 3.73. The van der Waals surface area contributed by atoms with Crippen LogP contribution in [0.15, 0.2) is 0 Å². The van der Waals surface area contributed by atoms with Crippen LogP contribution >= 0.6 is 0 Å². The summed E-state index contributed by atoms with van der Waals surface area (Å²) in [6, 6.07) is 1.26. The van der Waals surface area contributed by atoms with E-state index in [0.29, 0.717) is 18.7 Å². The van der Waals surface area contributed by atoms with Crippen molar-refractivity contribution in [1.29, 1.82) is 0 Å². The number of aliphatic hydroxyl groups excluding tert-OH is 1. The average molecular weight is 213 g/mol. The van der Waals surface area contributed by atoms with Crippen molar-refractivity contribution in [3.05, 3.63) is 0 Å².